The summed E-state index contributed by atoms with van der Waals surface area (Å²) in [5, 5.41) is 18.2. The number of esters is 1. The van der Waals surface area contributed by atoms with E-state index in [9.17, 15) is 4.79 Å². The van der Waals surface area contributed by atoms with E-state index in [0.29, 0.717) is 0 Å². The third-order valence-corrected chi connectivity index (χ3v) is 2.86. The predicted octanol–water partition coefficient (Wildman–Crippen LogP) is -0.210. The number of aliphatic hydroxyl groups is 2. The number of hydrogen-bond donors (Lipinski definition) is 3. The first-order valence-corrected chi connectivity index (χ1v) is 5.40. The smallest absolute Gasteiger partial charge is 0.326 e. The number of rotatable bonds is 3. The van der Waals surface area contributed by atoms with Crippen LogP contribution in [-0.2, 0) is 9.53 Å². The second kappa shape index (κ2) is 3.98. The summed E-state index contributed by atoms with van der Waals surface area (Å²) in [7, 11) is 0. The Morgan fingerprint density at radius 3 is 2.06 bits per heavy atom. The Morgan fingerprint density at radius 1 is 1.31 bits per heavy atom. The second-order valence-corrected chi connectivity index (χ2v) is 5.83. The van der Waals surface area contributed by atoms with Crippen LogP contribution in [0.2, 0.25) is 0 Å². The third-order valence-electron chi connectivity index (χ3n) is 2.86. The van der Waals surface area contributed by atoms with Crippen molar-refractivity contribution in [3.05, 3.63) is 0 Å². The number of hydrogen-bond acceptors (Lipinski definition) is 5. The van der Waals surface area contributed by atoms with Crippen LogP contribution >= 0.6 is 0 Å². The van der Waals surface area contributed by atoms with Crippen LogP contribution in [0, 0.1) is 5.41 Å². The zero-order valence-electron chi connectivity index (χ0n) is 10.1. The van der Waals surface area contributed by atoms with E-state index < -0.39 is 22.5 Å². The zero-order chi connectivity index (χ0) is 12.6. The molecule has 4 N–H and O–H groups in total. The molecule has 0 radical (unpaired) electrons. The molecule has 5 heteroatoms. The SMILES string of the molecule is CC(C)(C)OC(=O)C1(N)CC(CO)(CO)C1. The lowest BCUT2D eigenvalue weighted by atomic mass is 9.58. The van der Waals surface area contributed by atoms with Gasteiger partial charge in [0, 0.05) is 5.41 Å². The molecule has 0 aromatic rings. The fraction of sp³-hybridized carbons (Fsp3) is 0.909. The van der Waals surface area contributed by atoms with Crippen LogP contribution in [0.4, 0.5) is 0 Å². The van der Waals surface area contributed by atoms with Gasteiger partial charge >= 0.3 is 5.97 Å². The molecule has 0 aliphatic heterocycles. The van der Waals surface area contributed by atoms with E-state index in [1.807, 2.05) is 0 Å². The van der Waals surface area contributed by atoms with Crippen LogP contribution in [0.25, 0.3) is 0 Å². The first-order valence-electron chi connectivity index (χ1n) is 5.40. The van der Waals surface area contributed by atoms with Gasteiger partial charge < -0.3 is 20.7 Å². The van der Waals surface area contributed by atoms with Gasteiger partial charge in [-0.3, -0.25) is 4.79 Å². The summed E-state index contributed by atoms with van der Waals surface area (Å²) in [4.78, 5) is 11.8. The quantitative estimate of drug-likeness (QED) is 0.584. The normalized spacial score (nSPS) is 22.4. The fourth-order valence-electron chi connectivity index (χ4n) is 2.08. The van der Waals surface area contributed by atoms with Crippen LogP contribution in [-0.4, -0.2) is 40.5 Å². The van der Waals surface area contributed by atoms with Gasteiger partial charge in [-0.05, 0) is 33.6 Å². The van der Waals surface area contributed by atoms with Crippen LogP contribution < -0.4 is 5.73 Å². The number of ether oxygens (including phenoxy) is 1. The Balaban J connectivity index is 2.61. The monoisotopic (exact) mass is 231 g/mol. The van der Waals surface area contributed by atoms with E-state index in [1.54, 1.807) is 20.8 Å². The average molecular weight is 231 g/mol. The maximum absolute atomic E-state index is 11.8. The van der Waals surface area contributed by atoms with E-state index in [-0.39, 0.29) is 26.1 Å². The van der Waals surface area contributed by atoms with Gasteiger partial charge in [0.15, 0.2) is 0 Å². The maximum atomic E-state index is 11.8. The summed E-state index contributed by atoms with van der Waals surface area (Å²) in [6.45, 7) is 5.01. The number of carbonyl (C=O) groups excluding carboxylic acids is 1. The van der Waals surface area contributed by atoms with Crippen LogP contribution in [0.3, 0.4) is 0 Å². The van der Waals surface area contributed by atoms with Crippen LogP contribution in [0.15, 0.2) is 0 Å². The van der Waals surface area contributed by atoms with Gasteiger partial charge in [-0.25, -0.2) is 0 Å². The fourth-order valence-corrected chi connectivity index (χ4v) is 2.08. The van der Waals surface area contributed by atoms with E-state index in [4.69, 9.17) is 20.7 Å². The molecule has 94 valence electrons. The number of aliphatic hydroxyl groups excluding tert-OH is 2. The Morgan fingerprint density at radius 2 is 1.75 bits per heavy atom. The molecule has 0 unspecified atom stereocenters. The highest BCUT2D eigenvalue weighted by molar-refractivity contribution is 5.82. The van der Waals surface area contributed by atoms with E-state index in [0.717, 1.165) is 0 Å². The Kier molecular flexibility index (Phi) is 3.34. The van der Waals surface area contributed by atoms with E-state index in [1.165, 1.54) is 0 Å². The predicted molar refractivity (Wildman–Crippen MR) is 58.6 cm³/mol. The van der Waals surface area contributed by atoms with Crippen molar-refractivity contribution >= 4 is 5.97 Å². The summed E-state index contributed by atoms with van der Waals surface area (Å²) < 4.78 is 5.20. The molecule has 0 aromatic heterocycles. The summed E-state index contributed by atoms with van der Waals surface area (Å²) >= 11 is 0. The van der Waals surface area contributed by atoms with Crippen molar-refractivity contribution in [3.63, 3.8) is 0 Å². The zero-order valence-corrected chi connectivity index (χ0v) is 10.1. The topological polar surface area (TPSA) is 92.8 Å². The minimum atomic E-state index is -1.06. The third kappa shape index (κ3) is 2.53. The Hall–Kier alpha value is -0.650. The summed E-state index contributed by atoms with van der Waals surface area (Å²) in [6, 6.07) is 0. The van der Waals surface area contributed by atoms with E-state index >= 15 is 0 Å². The lowest BCUT2D eigenvalue weighted by Gasteiger charge is -2.51. The number of carbonyl (C=O) groups is 1. The van der Waals surface area contributed by atoms with Gasteiger partial charge in [-0.15, -0.1) is 0 Å². The Labute approximate surface area is 95.6 Å². The number of nitrogens with two attached hydrogens (primary N) is 1. The molecule has 1 rings (SSSR count). The molecule has 0 aromatic carbocycles. The standard InChI is InChI=1S/C11H21NO4/c1-9(2,3)16-8(15)11(12)4-10(5-11,6-13)7-14/h13-14H,4-7,12H2,1-3H3. The highest BCUT2D eigenvalue weighted by Gasteiger charge is 2.57. The van der Waals surface area contributed by atoms with Crippen molar-refractivity contribution in [3.8, 4) is 0 Å². The molecule has 0 amide bonds. The van der Waals surface area contributed by atoms with Crippen molar-refractivity contribution in [2.24, 2.45) is 11.1 Å². The molecule has 1 aliphatic carbocycles. The lowest BCUT2D eigenvalue weighted by Crippen LogP contribution is -2.66. The van der Waals surface area contributed by atoms with Gasteiger partial charge in [0.25, 0.3) is 0 Å². The molecular formula is C11H21NO4. The maximum Gasteiger partial charge on any atom is 0.326 e. The molecule has 0 saturated heterocycles. The molecular weight excluding hydrogens is 210 g/mol. The second-order valence-electron chi connectivity index (χ2n) is 5.83. The van der Waals surface area contributed by atoms with Gasteiger partial charge in [0.2, 0.25) is 0 Å². The largest absolute Gasteiger partial charge is 0.459 e. The van der Waals surface area contributed by atoms with Gasteiger partial charge in [-0.2, -0.15) is 0 Å². The Bertz CT molecular complexity index is 270. The molecule has 0 heterocycles. The molecule has 1 saturated carbocycles. The van der Waals surface area contributed by atoms with Crippen LogP contribution in [0.1, 0.15) is 33.6 Å². The minimum absolute atomic E-state index is 0.161. The van der Waals surface area contributed by atoms with Crippen molar-refractivity contribution in [2.75, 3.05) is 13.2 Å². The first kappa shape index (κ1) is 13.4. The molecule has 1 aliphatic rings. The molecule has 16 heavy (non-hydrogen) atoms. The summed E-state index contributed by atoms with van der Waals surface area (Å²) in [6.07, 6.45) is 0.532. The van der Waals surface area contributed by atoms with Crippen molar-refractivity contribution in [2.45, 2.75) is 44.8 Å². The van der Waals surface area contributed by atoms with Crippen molar-refractivity contribution in [1.29, 1.82) is 0 Å². The highest BCUT2D eigenvalue weighted by atomic mass is 16.6. The average Bonchev–Trinajstić information content (AvgIpc) is 2.09. The molecule has 0 spiro atoms. The minimum Gasteiger partial charge on any atom is -0.459 e. The van der Waals surface area contributed by atoms with Crippen molar-refractivity contribution in [1.82, 2.24) is 0 Å². The molecule has 5 nitrogen and oxygen atoms in total. The summed E-state index contributed by atoms with van der Waals surface area (Å²) in [5.74, 6) is -0.461. The van der Waals surface area contributed by atoms with E-state index in [2.05, 4.69) is 0 Å². The van der Waals surface area contributed by atoms with Gasteiger partial charge in [-0.1, -0.05) is 0 Å². The van der Waals surface area contributed by atoms with Gasteiger partial charge in [0.1, 0.15) is 11.1 Å². The molecule has 1 fully saturated rings. The first-order chi connectivity index (χ1) is 7.16. The van der Waals surface area contributed by atoms with Crippen molar-refractivity contribution < 1.29 is 19.7 Å². The molecule has 0 bridgehead atoms. The lowest BCUT2D eigenvalue weighted by molar-refractivity contribution is -0.176. The highest BCUT2D eigenvalue weighted by Crippen LogP contribution is 2.47. The van der Waals surface area contributed by atoms with Gasteiger partial charge in [0.05, 0.1) is 13.2 Å². The summed E-state index contributed by atoms with van der Waals surface area (Å²) in [5.41, 5.74) is 3.64. The molecule has 0 atom stereocenters. The van der Waals surface area contributed by atoms with Crippen LogP contribution in [0.5, 0.6) is 0 Å².